The van der Waals surface area contributed by atoms with Gasteiger partial charge in [-0.1, -0.05) is 54.5 Å². The molecule has 6 rings (SSSR count). The quantitative estimate of drug-likeness (QED) is 0.481. The Morgan fingerprint density at radius 1 is 1.00 bits per heavy atom. The van der Waals surface area contributed by atoms with Gasteiger partial charge in [-0.3, -0.25) is 4.79 Å². The van der Waals surface area contributed by atoms with Crippen molar-refractivity contribution in [3.05, 3.63) is 11.6 Å². The summed E-state index contributed by atoms with van der Waals surface area (Å²) in [5.74, 6) is 0.655. The summed E-state index contributed by atoms with van der Waals surface area (Å²) in [5.41, 5.74) is -1.62. The van der Waals surface area contributed by atoms with E-state index in [1.807, 2.05) is 0 Å². The van der Waals surface area contributed by atoms with Gasteiger partial charge in [-0.15, -0.1) is 0 Å². The highest BCUT2D eigenvalue weighted by Crippen LogP contribution is 2.80. The largest absolute Gasteiger partial charge is 0.394 e. The van der Waals surface area contributed by atoms with Crippen molar-refractivity contribution in [2.24, 2.45) is 50.2 Å². The van der Waals surface area contributed by atoms with Crippen LogP contribution < -0.4 is 0 Å². The minimum atomic E-state index is -0.851. The van der Waals surface area contributed by atoms with Crippen LogP contribution in [0.3, 0.4) is 0 Å². The van der Waals surface area contributed by atoms with E-state index in [1.54, 1.807) is 0 Å². The number of hydrogen-bond acceptors (Lipinski definition) is 5. The number of aliphatic hydroxyl groups is 2. The monoisotopic (exact) mass is 509 g/mol. The third kappa shape index (κ3) is 2.69. The summed E-state index contributed by atoms with van der Waals surface area (Å²) in [4.78, 5) is 14.8. The fraction of sp³-hybridized carbons (Fsp3) is 0.875. The molecule has 1 heterocycles. The van der Waals surface area contributed by atoms with Gasteiger partial charge in [0.15, 0.2) is 5.78 Å². The third-order valence-corrected chi connectivity index (χ3v) is 14.0. The molecule has 204 valence electrons. The third-order valence-electron chi connectivity index (χ3n) is 14.0. The Morgan fingerprint density at radius 2 is 1.68 bits per heavy atom. The van der Waals surface area contributed by atoms with Gasteiger partial charge in [0.25, 0.3) is 0 Å². The van der Waals surface area contributed by atoms with Crippen molar-refractivity contribution in [3.8, 4) is 6.07 Å². The molecule has 5 aliphatic carbocycles. The second kappa shape index (κ2) is 7.29. The van der Waals surface area contributed by atoms with Crippen molar-refractivity contribution >= 4 is 5.78 Å². The molecule has 5 fully saturated rings. The molecule has 1 saturated heterocycles. The van der Waals surface area contributed by atoms with Crippen LogP contribution in [0.5, 0.6) is 0 Å². The molecule has 3 unspecified atom stereocenters. The number of carbonyl (C=O) groups excluding carboxylic acids is 1. The van der Waals surface area contributed by atoms with Crippen molar-refractivity contribution in [2.45, 2.75) is 118 Å². The van der Waals surface area contributed by atoms with Crippen LogP contribution in [0.15, 0.2) is 11.6 Å². The first kappa shape index (κ1) is 26.0. The molecular weight excluding hydrogens is 462 g/mol. The molecule has 0 radical (unpaired) electrons. The Bertz CT molecular complexity index is 1120. The number of nitriles is 1. The number of Topliss-reactive ketones (excluding diaryl/α,β-unsaturated/α-hetero) is 1. The molecule has 0 aromatic carbocycles. The zero-order chi connectivity index (χ0) is 27.0. The number of aliphatic hydroxyl groups excluding tert-OH is 2. The average molecular weight is 510 g/mol. The van der Waals surface area contributed by atoms with E-state index < -0.39 is 17.1 Å². The van der Waals surface area contributed by atoms with Gasteiger partial charge >= 0.3 is 0 Å². The summed E-state index contributed by atoms with van der Waals surface area (Å²) in [6.45, 7) is 15.9. The molecule has 1 spiro atoms. The van der Waals surface area contributed by atoms with E-state index in [4.69, 9.17) is 4.74 Å². The lowest BCUT2D eigenvalue weighted by Crippen LogP contribution is -2.74. The molecule has 1 aliphatic heterocycles. The van der Waals surface area contributed by atoms with E-state index >= 15 is 0 Å². The lowest BCUT2D eigenvalue weighted by atomic mass is 9.31. The Morgan fingerprint density at radius 3 is 2.32 bits per heavy atom. The first-order valence-electron chi connectivity index (χ1n) is 14.7. The number of rotatable bonds is 1. The summed E-state index contributed by atoms with van der Waals surface area (Å²) >= 11 is 0. The average Bonchev–Trinajstić information content (AvgIpc) is 3.04. The molecule has 2 bridgehead atoms. The number of hydrogen-bond donors (Lipinski definition) is 2. The van der Waals surface area contributed by atoms with Gasteiger partial charge in [0, 0.05) is 23.2 Å². The van der Waals surface area contributed by atoms with Crippen LogP contribution in [0, 0.1) is 61.6 Å². The van der Waals surface area contributed by atoms with E-state index in [0.29, 0.717) is 12.0 Å². The fourth-order valence-corrected chi connectivity index (χ4v) is 11.9. The first-order chi connectivity index (χ1) is 17.1. The molecule has 5 heteroatoms. The van der Waals surface area contributed by atoms with E-state index in [1.165, 1.54) is 0 Å². The van der Waals surface area contributed by atoms with Gasteiger partial charge in [0.05, 0.1) is 30.5 Å². The smallest absolute Gasteiger partial charge is 0.165 e. The molecule has 0 aromatic heterocycles. The molecule has 6 aliphatic rings. The maximum absolute atomic E-state index is 14.8. The van der Waals surface area contributed by atoms with Gasteiger partial charge in [0.2, 0.25) is 0 Å². The predicted octanol–water partition coefficient (Wildman–Crippen LogP) is 5.59. The van der Waals surface area contributed by atoms with Crippen molar-refractivity contribution in [1.82, 2.24) is 0 Å². The minimum Gasteiger partial charge on any atom is -0.394 e. The summed E-state index contributed by atoms with van der Waals surface area (Å²) < 4.78 is 7.05. The number of fused-ring (bicyclic) bond motifs is 4. The summed E-state index contributed by atoms with van der Waals surface area (Å²) in [6, 6.07) is 2.31. The highest BCUT2D eigenvalue weighted by Gasteiger charge is 2.82. The van der Waals surface area contributed by atoms with Gasteiger partial charge < -0.3 is 14.9 Å². The van der Waals surface area contributed by atoms with Crippen molar-refractivity contribution in [1.29, 1.82) is 5.26 Å². The standard InChI is InChI=1S/C32H47NO4/c1-26(2)10-12-31-13-11-30(7)29(6)9-8-20-27(3,4)25(36)19(17-33)15-28(20,5)21(29)14-23(35)32(30,22(31)16-26)37-24(31)18-34/h15,20-22,24-25,34,36H,8-14,16,18H2,1-7H3/t20-,21+,22?,24?,25?,28-,29+,30-,31-,32+/m0/s1. The summed E-state index contributed by atoms with van der Waals surface area (Å²) in [7, 11) is 0. The molecule has 2 N–H and O–H groups in total. The first-order valence-corrected chi connectivity index (χ1v) is 14.7. The number of carbonyl (C=O) groups is 1. The van der Waals surface area contributed by atoms with Crippen LogP contribution in [0.25, 0.3) is 0 Å². The van der Waals surface area contributed by atoms with Crippen LogP contribution in [-0.4, -0.2) is 40.4 Å². The lowest BCUT2D eigenvalue weighted by molar-refractivity contribution is -0.260. The number of ether oxygens (including phenoxy) is 1. The number of nitrogens with zero attached hydrogens (tertiary/aromatic N) is 1. The molecular formula is C32H47NO4. The van der Waals surface area contributed by atoms with E-state index in [0.717, 1.165) is 44.9 Å². The molecule has 10 atom stereocenters. The highest BCUT2D eigenvalue weighted by molar-refractivity contribution is 5.91. The van der Waals surface area contributed by atoms with E-state index in [9.17, 15) is 20.3 Å². The summed E-state index contributed by atoms with van der Waals surface area (Å²) in [6.07, 6.45) is 8.51. The van der Waals surface area contributed by atoms with Crippen molar-refractivity contribution in [2.75, 3.05) is 6.61 Å². The molecule has 0 amide bonds. The Kier molecular flexibility index (Phi) is 5.13. The number of allylic oxidation sites excluding steroid dienone is 1. The van der Waals surface area contributed by atoms with Gasteiger partial charge in [0.1, 0.15) is 5.60 Å². The molecule has 37 heavy (non-hydrogen) atoms. The molecule has 0 aromatic rings. The summed E-state index contributed by atoms with van der Waals surface area (Å²) in [5, 5.41) is 31.7. The minimum absolute atomic E-state index is 0.0116. The normalized spacial score (nSPS) is 55.2. The van der Waals surface area contributed by atoms with Gasteiger partial charge in [-0.05, 0) is 78.4 Å². The Hall–Kier alpha value is -1.22. The predicted molar refractivity (Wildman–Crippen MR) is 141 cm³/mol. The Labute approximate surface area is 223 Å². The fourth-order valence-electron chi connectivity index (χ4n) is 11.9. The maximum Gasteiger partial charge on any atom is 0.165 e. The zero-order valence-electron chi connectivity index (χ0n) is 24.0. The number of ketones is 1. The maximum atomic E-state index is 14.8. The van der Waals surface area contributed by atoms with Crippen LogP contribution in [0.4, 0.5) is 0 Å². The SMILES string of the molecule is CC1(C)CC[C@@]23CC[C@]4(C)[C@](OC2CO)(C(=O)C[C@@H]2[C@@]5(C)C=C(C#N)C(O)C(C)(C)[C@@H]5CC[C@]24C)C3C1. The van der Waals surface area contributed by atoms with Crippen molar-refractivity contribution < 1.29 is 19.7 Å². The van der Waals surface area contributed by atoms with E-state index in [-0.39, 0.29) is 63.3 Å². The molecule has 4 saturated carbocycles. The second-order valence-electron chi connectivity index (χ2n) is 16.0. The Balaban J connectivity index is 1.53. The van der Waals surface area contributed by atoms with Gasteiger partial charge in [-0.2, -0.15) is 5.26 Å². The van der Waals surface area contributed by atoms with E-state index in [2.05, 4.69) is 60.6 Å². The highest BCUT2D eigenvalue weighted by atomic mass is 16.5. The van der Waals surface area contributed by atoms with Gasteiger partial charge in [-0.25, -0.2) is 0 Å². The van der Waals surface area contributed by atoms with Crippen LogP contribution in [0.1, 0.15) is 99.8 Å². The zero-order valence-corrected chi connectivity index (χ0v) is 24.0. The van der Waals surface area contributed by atoms with Crippen LogP contribution in [0.2, 0.25) is 0 Å². The topological polar surface area (TPSA) is 90.5 Å². The van der Waals surface area contributed by atoms with Crippen molar-refractivity contribution in [3.63, 3.8) is 0 Å². The molecule has 5 nitrogen and oxygen atoms in total. The lowest BCUT2D eigenvalue weighted by Gasteiger charge is -2.73. The van der Waals surface area contributed by atoms with Crippen LogP contribution >= 0.6 is 0 Å². The second-order valence-corrected chi connectivity index (χ2v) is 16.0. The van der Waals surface area contributed by atoms with Crippen LogP contribution in [-0.2, 0) is 9.53 Å².